The van der Waals surface area contributed by atoms with Crippen molar-refractivity contribution in [1.29, 1.82) is 0 Å². The molecule has 0 bridgehead atoms. The van der Waals surface area contributed by atoms with Crippen LogP contribution < -0.4 is 0 Å². The molecule has 0 amide bonds. The maximum atomic E-state index is 3.33. The van der Waals surface area contributed by atoms with Gasteiger partial charge >= 0.3 is 0 Å². The maximum absolute atomic E-state index is 3.33. The molecule has 0 nitrogen and oxygen atoms in total. The quantitative estimate of drug-likeness (QED) is 0.584. The summed E-state index contributed by atoms with van der Waals surface area (Å²) in [6, 6.07) is 25.2. The van der Waals surface area contributed by atoms with E-state index in [0.29, 0.717) is 0 Å². The van der Waals surface area contributed by atoms with Gasteiger partial charge < -0.3 is 0 Å². The average Bonchev–Trinajstić information content (AvgIpc) is 2.39. The first-order valence-electron chi connectivity index (χ1n) is 5.73. The first-order valence-corrected chi connectivity index (χ1v) is 5.73. The van der Waals surface area contributed by atoms with Gasteiger partial charge in [0.1, 0.15) is 0 Å². The van der Waals surface area contributed by atoms with E-state index in [1.165, 1.54) is 21.9 Å². The molecule has 0 N–H and O–H groups in total. The van der Waals surface area contributed by atoms with E-state index in [1.807, 2.05) is 30.3 Å². The van der Waals surface area contributed by atoms with E-state index in [0.717, 1.165) is 5.56 Å². The minimum Gasteiger partial charge on any atom is -0.147 e. The first-order chi connectivity index (χ1) is 8.34. The van der Waals surface area contributed by atoms with Gasteiger partial charge in [0, 0.05) is 32.7 Å². The molecule has 1 radical (unpaired) electrons. The van der Waals surface area contributed by atoms with Gasteiger partial charge in [-0.15, -0.1) is 76.5 Å². The fourth-order valence-corrected chi connectivity index (χ4v) is 2.16. The fraction of sp³-hybridized carbons (Fsp3) is 0.0588. The van der Waals surface area contributed by atoms with Crippen molar-refractivity contribution in [3.8, 4) is 11.1 Å². The summed E-state index contributed by atoms with van der Waals surface area (Å²) in [6.07, 6.45) is 0. The molecule has 0 aliphatic rings. The molecule has 0 saturated heterocycles. The van der Waals surface area contributed by atoms with Crippen molar-refractivity contribution in [3.05, 3.63) is 72.3 Å². The normalized spacial score (nSPS) is 10.1. The van der Waals surface area contributed by atoms with E-state index in [1.54, 1.807) is 0 Å². The molecule has 3 aromatic rings. The molecule has 0 heterocycles. The van der Waals surface area contributed by atoms with Crippen LogP contribution in [0, 0.1) is 19.1 Å². The number of benzene rings is 3. The van der Waals surface area contributed by atoms with Crippen LogP contribution in [0.5, 0.6) is 0 Å². The summed E-state index contributed by atoms with van der Waals surface area (Å²) < 4.78 is 0. The van der Waals surface area contributed by atoms with Gasteiger partial charge in [-0.3, -0.25) is 0 Å². The molecule has 0 fully saturated rings. The van der Waals surface area contributed by atoms with Gasteiger partial charge in [0.15, 0.2) is 0 Å². The Morgan fingerprint density at radius 2 is 1.72 bits per heavy atom. The van der Waals surface area contributed by atoms with Crippen LogP contribution in [0.1, 0.15) is 5.56 Å². The van der Waals surface area contributed by atoms with Gasteiger partial charge in [-0.1, -0.05) is 17.7 Å². The van der Waals surface area contributed by atoms with E-state index in [2.05, 4.69) is 43.3 Å². The molecule has 3 aromatic carbocycles. The van der Waals surface area contributed by atoms with E-state index >= 15 is 0 Å². The van der Waals surface area contributed by atoms with Crippen LogP contribution in [-0.4, -0.2) is 0 Å². The van der Waals surface area contributed by atoms with E-state index in [9.17, 15) is 0 Å². The molecular weight excluding hydrogens is 293 g/mol. The Kier molecular flexibility index (Phi) is 4.32. The first kappa shape index (κ1) is 13.5. The van der Waals surface area contributed by atoms with Gasteiger partial charge in [-0.2, -0.15) is 0 Å². The second kappa shape index (κ2) is 5.78. The monoisotopic (exact) mass is 305 g/mol. The zero-order valence-electron chi connectivity index (χ0n) is 10.3. The molecule has 0 saturated carbocycles. The smallest absolute Gasteiger partial charge is 0 e. The van der Waals surface area contributed by atoms with E-state index in [4.69, 9.17) is 0 Å². The Hall–Kier alpha value is -0.976. The molecule has 3 rings (SSSR count). The third-order valence-electron chi connectivity index (χ3n) is 2.91. The SMILES string of the molecule is Cc1cc(-c2[c-]cccc2)c2[c-]cccc2c1.[Y]. The van der Waals surface area contributed by atoms with Crippen LogP contribution in [0.25, 0.3) is 21.9 Å². The second-order valence-corrected chi connectivity index (χ2v) is 4.22. The van der Waals surface area contributed by atoms with Crippen molar-refractivity contribution in [2.75, 3.05) is 0 Å². The van der Waals surface area contributed by atoms with E-state index < -0.39 is 0 Å². The molecule has 0 aliphatic heterocycles. The van der Waals surface area contributed by atoms with Crippen LogP contribution in [0.3, 0.4) is 0 Å². The molecule has 18 heavy (non-hydrogen) atoms. The fourth-order valence-electron chi connectivity index (χ4n) is 2.16. The van der Waals surface area contributed by atoms with Crippen LogP contribution in [-0.2, 0) is 32.7 Å². The Bertz CT molecular complexity index is 657. The summed E-state index contributed by atoms with van der Waals surface area (Å²) in [5, 5.41) is 2.40. The van der Waals surface area contributed by atoms with Crippen molar-refractivity contribution >= 4 is 10.8 Å². The van der Waals surface area contributed by atoms with Crippen LogP contribution in [0.15, 0.2) is 54.6 Å². The standard InChI is InChI=1S/C17H12.Y/c1-13-11-15-9-5-6-10-16(15)17(12-13)14-7-3-2-4-8-14;/h2-7,9,11-12H,1H3;/q-2;. The Morgan fingerprint density at radius 1 is 0.889 bits per heavy atom. The summed E-state index contributed by atoms with van der Waals surface area (Å²) in [5.41, 5.74) is 3.61. The summed E-state index contributed by atoms with van der Waals surface area (Å²) in [4.78, 5) is 0. The molecule has 1 heteroatoms. The molecule has 0 atom stereocenters. The Morgan fingerprint density at radius 3 is 2.50 bits per heavy atom. The van der Waals surface area contributed by atoms with Crippen molar-refractivity contribution in [2.24, 2.45) is 0 Å². The zero-order chi connectivity index (χ0) is 11.7. The molecule has 0 aromatic heterocycles. The zero-order valence-corrected chi connectivity index (χ0v) is 13.1. The van der Waals surface area contributed by atoms with Crippen molar-refractivity contribution in [1.82, 2.24) is 0 Å². The van der Waals surface area contributed by atoms with Gasteiger partial charge in [-0.25, -0.2) is 0 Å². The van der Waals surface area contributed by atoms with Crippen molar-refractivity contribution in [2.45, 2.75) is 6.92 Å². The molecule has 0 aliphatic carbocycles. The van der Waals surface area contributed by atoms with Crippen LogP contribution >= 0.6 is 0 Å². The van der Waals surface area contributed by atoms with Crippen LogP contribution in [0.2, 0.25) is 0 Å². The predicted octanol–water partition coefficient (Wildman–Crippen LogP) is 4.41. The molecule has 0 spiro atoms. The van der Waals surface area contributed by atoms with Crippen molar-refractivity contribution < 1.29 is 32.7 Å². The molecular formula is C17H12Y-2. The Labute approximate surface area is 133 Å². The predicted molar refractivity (Wildman–Crippen MR) is 71.8 cm³/mol. The average molecular weight is 305 g/mol. The topological polar surface area (TPSA) is 0 Å². The van der Waals surface area contributed by atoms with E-state index in [-0.39, 0.29) is 32.7 Å². The second-order valence-electron chi connectivity index (χ2n) is 4.22. The summed E-state index contributed by atoms with van der Waals surface area (Å²) in [7, 11) is 0. The summed E-state index contributed by atoms with van der Waals surface area (Å²) >= 11 is 0. The number of hydrogen-bond acceptors (Lipinski definition) is 0. The number of aryl methyl sites for hydroxylation is 1. The largest absolute Gasteiger partial charge is 0.147 e. The van der Waals surface area contributed by atoms with Gasteiger partial charge in [0.2, 0.25) is 0 Å². The summed E-state index contributed by atoms with van der Waals surface area (Å²) in [6.45, 7) is 2.12. The minimum absolute atomic E-state index is 0. The third kappa shape index (κ3) is 2.55. The number of fused-ring (bicyclic) bond motifs is 1. The van der Waals surface area contributed by atoms with Gasteiger partial charge in [0.05, 0.1) is 0 Å². The third-order valence-corrected chi connectivity index (χ3v) is 2.91. The van der Waals surface area contributed by atoms with Gasteiger partial charge in [0.25, 0.3) is 0 Å². The maximum Gasteiger partial charge on any atom is 0 e. The minimum atomic E-state index is 0. The van der Waals surface area contributed by atoms with Crippen LogP contribution in [0.4, 0.5) is 0 Å². The number of hydrogen-bond donors (Lipinski definition) is 0. The molecule has 0 unspecified atom stereocenters. The van der Waals surface area contributed by atoms with Crippen molar-refractivity contribution in [3.63, 3.8) is 0 Å². The number of rotatable bonds is 1. The van der Waals surface area contributed by atoms with Gasteiger partial charge in [-0.05, 0) is 6.92 Å². The molecule has 85 valence electrons. The summed E-state index contributed by atoms with van der Waals surface area (Å²) in [5.74, 6) is 0. The Balaban J connectivity index is 0.00000120.